The predicted octanol–water partition coefficient (Wildman–Crippen LogP) is 3.19. The number of hydrogen-bond acceptors (Lipinski definition) is 4. The molecule has 1 aliphatic carbocycles. The van der Waals surface area contributed by atoms with E-state index in [1.807, 2.05) is 43.0 Å². The molecule has 4 rings (SSSR count). The van der Waals surface area contributed by atoms with Crippen molar-refractivity contribution in [3.8, 4) is 0 Å². The molecule has 0 aromatic carbocycles. The Hall–Kier alpha value is -2.76. The van der Waals surface area contributed by atoms with Crippen LogP contribution in [0.1, 0.15) is 54.0 Å². The van der Waals surface area contributed by atoms with Crippen LogP contribution in [0.15, 0.2) is 36.5 Å². The molecule has 0 radical (unpaired) electrons. The summed E-state index contributed by atoms with van der Waals surface area (Å²) in [5.74, 6) is 0.0153. The molecule has 2 aromatic rings. The Kier molecular flexibility index (Phi) is 4.87. The zero-order valence-corrected chi connectivity index (χ0v) is 16.4. The van der Waals surface area contributed by atoms with Crippen LogP contribution >= 0.6 is 0 Å². The fourth-order valence-corrected chi connectivity index (χ4v) is 4.52. The Balaban J connectivity index is 1.46. The standard InChI is InChI=1S/C22H26N4O2/c1-15-8-9-18(14-23-15)26-12-11-22(21(26)28)10-4-6-17(13-22)25-20(27)19-7-3-5-16(2)24-19/h3,5,7-9,14,17H,4,6,10-13H2,1-2H3,(H,25,27)/t17-,22-/m0/s1. The molecule has 2 aliphatic rings. The molecule has 0 unspecified atom stereocenters. The summed E-state index contributed by atoms with van der Waals surface area (Å²) in [7, 11) is 0. The second-order valence-corrected chi connectivity index (χ2v) is 8.08. The van der Waals surface area contributed by atoms with Crippen LogP contribution in [0.25, 0.3) is 0 Å². The van der Waals surface area contributed by atoms with Gasteiger partial charge >= 0.3 is 0 Å². The number of carbonyl (C=O) groups excluding carboxylic acids is 2. The molecule has 2 amide bonds. The molecule has 2 aromatic heterocycles. The smallest absolute Gasteiger partial charge is 0.270 e. The second kappa shape index (κ2) is 7.34. The maximum atomic E-state index is 13.3. The molecular weight excluding hydrogens is 352 g/mol. The molecule has 1 aliphatic heterocycles. The fourth-order valence-electron chi connectivity index (χ4n) is 4.52. The number of rotatable bonds is 3. The molecule has 28 heavy (non-hydrogen) atoms. The van der Waals surface area contributed by atoms with E-state index in [0.717, 1.165) is 42.8 Å². The van der Waals surface area contributed by atoms with E-state index in [1.165, 1.54) is 0 Å². The van der Waals surface area contributed by atoms with E-state index in [2.05, 4.69) is 15.3 Å². The van der Waals surface area contributed by atoms with Gasteiger partial charge < -0.3 is 10.2 Å². The van der Waals surface area contributed by atoms with Crippen molar-refractivity contribution in [3.05, 3.63) is 53.6 Å². The highest BCUT2D eigenvalue weighted by Gasteiger charge is 2.49. The van der Waals surface area contributed by atoms with Gasteiger partial charge in [0.15, 0.2) is 0 Å². The van der Waals surface area contributed by atoms with Gasteiger partial charge in [0.2, 0.25) is 5.91 Å². The zero-order chi connectivity index (χ0) is 19.7. The van der Waals surface area contributed by atoms with Crippen molar-refractivity contribution in [3.63, 3.8) is 0 Å². The molecule has 1 saturated carbocycles. The van der Waals surface area contributed by atoms with Gasteiger partial charge in [-0.1, -0.05) is 12.5 Å². The van der Waals surface area contributed by atoms with Crippen LogP contribution in [0.4, 0.5) is 5.69 Å². The normalized spacial score (nSPS) is 24.6. The topological polar surface area (TPSA) is 75.2 Å². The average molecular weight is 378 g/mol. The number of hydrogen-bond donors (Lipinski definition) is 1. The first-order valence-corrected chi connectivity index (χ1v) is 9.96. The van der Waals surface area contributed by atoms with Gasteiger partial charge in [-0.05, 0) is 63.8 Å². The molecule has 6 nitrogen and oxygen atoms in total. The minimum Gasteiger partial charge on any atom is -0.348 e. The van der Waals surface area contributed by atoms with E-state index < -0.39 is 0 Å². The number of pyridine rings is 2. The Labute approximate surface area is 165 Å². The highest BCUT2D eigenvalue weighted by Crippen LogP contribution is 2.46. The van der Waals surface area contributed by atoms with Crippen molar-refractivity contribution in [2.45, 2.75) is 52.0 Å². The van der Waals surface area contributed by atoms with Crippen molar-refractivity contribution in [2.24, 2.45) is 5.41 Å². The number of nitrogens with one attached hydrogen (secondary N) is 1. The molecule has 146 valence electrons. The summed E-state index contributed by atoms with van der Waals surface area (Å²) >= 11 is 0. The first-order valence-electron chi connectivity index (χ1n) is 9.96. The third-order valence-electron chi connectivity index (χ3n) is 6.02. The van der Waals surface area contributed by atoms with Crippen molar-refractivity contribution >= 4 is 17.5 Å². The second-order valence-electron chi connectivity index (χ2n) is 8.08. The third-order valence-corrected chi connectivity index (χ3v) is 6.02. The van der Waals surface area contributed by atoms with Gasteiger partial charge in [-0.2, -0.15) is 0 Å². The van der Waals surface area contributed by atoms with Crippen molar-refractivity contribution in [1.29, 1.82) is 0 Å². The lowest BCUT2D eigenvalue weighted by molar-refractivity contribution is -0.127. The first kappa shape index (κ1) is 18.6. The van der Waals surface area contributed by atoms with E-state index in [1.54, 1.807) is 12.3 Å². The van der Waals surface area contributed by atoms with Crippen LogP contribution in [0.3, 0.4) is 0 Å². The number of amides is 2. The number of anilines is 1. The van der Waals surface area contributed by atoms with Gasteiger partial charge in [0.25, 0.3) is 5.91 Å². The van der Waals surface area contributed by atoms with Gasteiger partial charge in [0, 0.05) is 24.0 Å². The van der Waals surface area contributed by atoms with Crippen LogP contribution in [-0.2, 0) is 4.79 Å². The molecule has 1 spiro atoms. The lowest BCUT2D eigenvalue weighted by atomic mass is 9.71. The molecule has 0 bridgehead atoms. The maximum absolute atomic E-state index is 13.3. The van der Waals surface area contributed by atoms with Gasteiger partial charge in [0.1, 0.15) is 5.69 Å². The van der Waals surface area contributed by atoms with E-state index in [0.29, 0.717) is 18.7 Å². The quantitative estimate of drug-likeness (QED) is 0.890. The van der Waals surface area contributed by atoms with Gasteiger partial charge in [-0.3, -0.25) is 14.6 Å². The van der Waals surface area contributed by atoms with Gasteiger partial charge in [-0.25, -0.2) is 4.98 Å². The number of nitrogens with zero attached hydrogens (tertiary/aromatic N) is 3. The summed E-state index contributed by atoms with van der Waals surface area (Å²) < 4.78 is 0. The zero-order valence-electron chi connectivity index (χ0n) is 16.4. The summed E-state index contributed by atoms with van der Waals surface area (Å²) in [5, 5.41) is 3.11. The molecule has 6 heteroatoms. The molecule has 1 N–H and O–H groups in total. The van der Waals surface area contributed by atoms with E-state index in [9.17, 15) is 9.59 Å². The van der Waals surface area contributed by atoms with E-state index >= 15 is 0 Å². The molecular formula is C22H26N4O2. The molecule has 2 fully saturated rings. The third kappa shape index (κ3) is 3.51. The van der Waals surface area contributed by atoms with Crippen LogP contribution in [0.2, 0.25) is 0 Å². The van der Waals surface area contributed by atoms with Crippen LogP contribution in [0.5, 0.6) is 0 Å². The van der Waals surface area contributed by atoms with Crippen molar-refractivity contribution in [1.82, 2.24) is 15.3 Å². The van der Waals surface area contributed by atoms with Crippen LogP contribution in [0, 0.1) is 19.3 Å². The highest BCUT2D eigenvalue weighted by molar-refractivity contribution is 6.00. The van der Waals surface area contributed by atoms with Crippen molar-refractivity contribution < 1.29 is 9.59 Å². The SMILES string of the molecule is Cc1ccc(N2CC[C@]3(CCC[C@H](NC(=O)c4cccc(C)n4)C3)C2=O)cn1. The molecule has 3 heterocycles. The van der Waals surface area contributed by atoms with Crippen LogP contribution in [-0.4, -0.2) is 34.4 Å². The minimum absolute atomic E-state index is 0.00334. The van der Waals surface area contributed by atoms with Crippen LogP contribution < -0.4 is 10.2 Å². The Morgan fingerprint density at radius 3 is 2.79 bits per heavy atom. The van der Waals surface area contributed by atoms with E-state index in [4.69, 9.17) is 0 Å². The summed E-state index contributed by atoms with van der Waals surface area (Å²) in [5.41, 5.74) is 2.69. The Morgan fingerprint density at radius 2 is 2.04 bits per heavy atom. The molecule has 2 atom stereocenters. The minimum atomic E-state index is -0.374. The highest BCUT2D eigenvalue weighted by atomic mass is 16.2. The fraction of sp³-hybridized carbons (Fsp3) is 0.455. The van der Waals surface area contributed by atoms with Crippen molar-refractivity contribution in [2.75, 3.05) is 11.4 Å². The monoisotopic (exact) mass is 378 g/mol. The van der Waals surface area contributed by atoms with E-state index in [-0.39, 0.29) is 23.3 Å². The largest absolute Gasteiger partial charge is 0.348 e. The average Bonchev–Trinajstić information content (AvgIpc) is 2.98. The Bertz CT molecular complexity index is 896. The maximum Gasteiger partial charge on any atom is 0.270 e. The summed E-state index contributed by atoms with van der Waals surface area (Å²) in [6, 6.07) is 9.35. The first-order chi connectivity index (χ1) is 13.5. The number of aromatic nitrogens is 2. The van der Waals surface area contributed by atoms with Gasteiger partial charge in [-0.15, -0.1) is 0 Å². The predicted molar refractivity (Wildman–Crippen MR) is 107 cm³/mol. The lowest BCUT2D eigenvalue weighted by Gasteiger charge is -2.36. The number of carbonyl (C=O) groups is 2. The lowest BCUT2D eigenvalue weighted by Crippen LogP contribution is -2.46. The Morgan fingerprint density at radius 1 is 1.18 bits per heavy atom. The van der Waals surface area contributed by atoms with Gasteiger partial charge in [0.05, 0.1) is 17.3 Å². The number of aryl methyl sites for hydroxylation is 2. The molecule has 1 saturated heterocycles. The summed E-state index contributed by atoms with van der Waals surface area (Å²) in [4.78, 5) is 36.4. The summed E-state index contributed by atoms with van der Waals surface area (Å²) in [6.45, 7) is 4.52. The summed E-state index contributed by atoms with van der Waals surface area (Å²) in [6.07, 6.45) is 6.03.